The SMILES string of the molecule is Cc1c[nH]c2c(OC(=O)N(C)CCN(C)C(=S)OCc3ccc(NC(=O)C(CCCNC(N)=O)NC(=O)C(NC(=O)CCOCCOCCOCCOCCOCCOCCN4C(=O)C=CC4=O)C(C)C)cc3)cc3c(c12)C(CCl)CN3C(=O)C12CC3(C(=O)N4CC(CCl)c5c4cc(OP(O)O)c4[nH]cc(C)c54)CC13C2. The lowest BCUT2D eigenvalue weighted by molar-refractivity contribution is -0.138. The number of hydrogen-bond acceptors (Lipinski definition) is 21. The van der Waals surface area contributed by atoms with Crippen LogP contribution >= 0.6 is 44.0 Å². The third kappa shape index (κ3) is 18.7. The number of H-pyrrole nitrogens is 2. The van der Waals surface area contributed by atoms with Crippen LogP contribution in [0, 0.1) is 36.0 Å². The van der Waals surface area contributed by atoms with Gasteiger partial charge in [0.15, 0.2) is 11.5 Å². The monoisotopic (exact) mass is 1620 g/mol. The van der Waals surface area contributed by atoms with E-state index in [0.29, 0.717) is 119 Å². The number of amides is 10. The number of likely N-dealkylation sites (N-methyl/N-ethyl adjacent to an activating group) is 2. The molecule has 7 unspecified atom stereocenters. The van der Waals surface area contributed by atoms with E-state index in [0.717, 1.165) is 37.9 Å². The molecule has 5 heterocycles. The molecule has 10 amide bonds. The number of benzene rings is 3. The number of aromatic nitrogens is 2. The number of nitrogens with two attached hydrogens (primary N) is 1. The molecule has 6 aliphatic rings. The van der Waals surface area contributed by atoms with Crippen molar-refractivity contribution < 1.29 is 95.4 Å². The van der Waals surface area contributed by atoms with Gasteiger partial charge in [-0.15, -0.1) is 23.2 Å². The smallest absolute Gasteiger partial charge is 0.415 e. The van der Waals surface area contributed by atoms with E-state index in [1.54, 1.807) is 79.0 Å². The molecule has 36 heteroatoms. The molecule has 3 saturated carbocycles. The van der Waals surface area contributed by atoms with Crippen molar-refractivity contribution in [1.29, 1.82) is 0 Å². The van der Waals surface area contributed by atoms with Crippen LogP contribution < -0.4 is 46.1 Å². The minimum absolute atomic E-state index is 0.0439. The van der Waals surface area contributed by atoms with Gasteiger partial charge in [0.25, 0.3) is 17.0 Å². The summed E-state index contributed by atoms with van der Waals surface area (Å²) in [5.74, 6) is -2.31. The summed E-state index contributed by atoms with van der Waals surface area (Å²) in [6.07, 6.45) is 7.26. The van der Waals surface area contributed by atoms with Gasteiger partial charge in [0.2, 0.25) is 29.5 Å². The van der Waals surface area contributed by atoms with E-state index in [4.69, 9.17) is 83.6 Å². The van der Waals surface area contributed by atoms with Crippen molar-refractivity contribution in [1.82, 2.24) is 40.6 Å². The van der Waals surface area contributed by atoms with E-state index in [1.165, 1.54) is 17.1 Å². The highest BCUT2D eigenvalue weighted by Gasteiger charge is 3.01. The van der Waals surface area contributed by atoms with Crippen LogP contribution in [0.5, 0.6) is 11.5 Å². The number of carbonyl (C=O) groups is 9. The van der Waals surface area contributed by atoms with Crippen molar-refractivity contribution in [2.75, 3.05) is 160 Å². The molecule has 32 nitrogen and oxygen atoms in total. The average Bonchev–Trinajstić information content (AvgIpc) is 1.39. The molecule has 1 spiro atoms. The fourth-order valence-corrected chi connectivity index (χ4v) is 16.6. The number of ether oxygens (including phenoxy) is 8. The zero-order valence-electron chi connectivity index (χ0n) is 62.9. The highest BCUT2D eigenvalue weighted by atomic mass is 35.5. The second-order valence-corrected chi connectivity index (χ2v) is 30.7. The maximum absolute atomic E-state index is 15.2. The van der Waals surface area contributed by atoms with Crippen molar-refractivity contribution in [3.63, 3.8) is 0 Å². The van der Waals surface area contributed by atoms with E-state index >= 15 is 4.79 Å². The molecule has 3 aliphatic heterocycles. The van der Waals surface area contributed by atoms with Gasteiger partial charge in [0.1, 0.15) is 18.7 Å². The number of primary amides is 1. The normalized spacial score (nSPS) is 20.2. The molecule has 3 aromatic carbocycles. The Morgan fingerprint density at radius 1 is 0.694 bits per heavy atom. The van der Waals surface area contributed by atoms with E-state index in [2.05, 4.69) is 31.2 Å². The van der Waals surface area contributed by atoms with Crippen molar-refractivity contribution >= 4 is 142 Å². The van der Waals surface area contributed by atoms with Gasteiger partial charge in [-0.1, -0.05) is 26.0 Å². The number of alkyl halides is 2. The number of imide groups is 1. The highest BCUT2D eigenvalue weighted by molar-refractivity contribution is 7.80. The highest BCUT2D eigenvalue weighted by Crippen LogP contribution is 3.01. The first-order valence-electron chi connectivity index (χ1n) is 37.0. The lowest BCUT2D eigenvalue weighted by Crippen LogP contribution is -2.54. The molecule has 111 heavy (non-hydrogen) atoms. The Hall–Kier alpha value is -8.31. The van der Waals surface area contributed by atoms with Crippen molar-refractivity contribution in [2.24, 2.45) is 27.9 Å². The molecule has 0 saturated heterocycles. The summed E-state index contributed by atoms with van der Waals surface area (Å²) in [7, 11) is 0.565. The number of aryl methyl sites for hydroxylation is 2. The summed E-state index contributed by atoms with van der Waals surface area (Å²) in [5.41, 5.74) is 10.3. The van der Waals surface area contributed by atoms with Gasteiger partial charge in [-0.2, -0.15) is 0 Å². The molecule has 11 rings (SSSR count). The maximum atomic E-state index is 15.2. The lowest BCUT2D eigenvalue weighted by Gasteiger charge is -2.37. The number of halogens is 2. The molecule has 10 N–H and O–H groups in total. The number of rotatable bonds is 43. The van der Waals surface area contributed by atoms with Crippen LogP contribution in [0.3, 0.4) is 0 Å². The fraction of sp³-hybridized carbons (Fsp3) is 0.547. The predicted molar refractivity (Wildman–Crippen MR) is 415 cm³/mol. The Morgan fingerprint density at radius 3 is 1.70 bits per heavy atom. The number of anilines is 3. The van der Waals surface area contributed by atoms with Gasteiger partial charge >= 0.3 is 20.7 Å². The average molecular weight is 1620 g/mol. The Balaban J connectivity index is 0.591. The molecule has 3 fully saturated rings. The molecule has 602 valence electrons. The van der Waals surface area contributed by atoms with Gasteiger partial charge in [-0.3, -0.25) is 38.5 Å². The lowest BCUT2D eigenvalue weighted by atomic mass is 9.72. The van der Waals surface area contributed by atoms with Gasteiger partial charge in [0.05, 0.1) is 119 Å². The van der Waals surface area contributed by atoms with Gasteiger partial charge in [0, 0.05) is 135 Å². The Kier molecular flexibility index (Phi) is 28.0. The number of fused-ring (bicyclic) bond motifs is 6. The fourth-order valence-electron chi connectivity index (χ4n) is 15.6. The van der Waals surface area contributed by atoms with E-state index in [1.807, 2.05) is 26.2 Å². The first kappa shape index (κ1) is 83.6. The maximum Gasteiger partial charge on any atom is 0.415 e. The number of aromatic amines is 2. The summed E-state index contributed by atoms with van der Waals surface area (Å²) in [6.45, 7) is 12.4. The topological polar surface area (TPSA) is 399 Å². The zero-order chi connectivity index (χ0) is 79.5. The molecular formula is C75H97Cl2N12O20PS. The molecule has 3 aliphatic carbocycles. The number of hydrogen-bond donors (Lipinski definition) is 9. The first-order valence-corrected chi connectivity index (χ1v) is 39.7. The van der Waals surface area contributed by atoms with Gasteiger partial charge < -0.3 is 109 Å². The second-order valence-electron chi connectivity index (χ2n) is 29.0. The van der Waals surface area contributed by atoms with Crippen LogP contribution in [0.2, 0.25) is 0 Å². The summed E-state index contributed by atoms with van der Waals surface area (Å²) in [6, 6.07) is 7.38. The molecule has 5 aromatic rings. The minimum Gasteiger partial charge on any atom is -0.466 e. The largest absolute Gasteiger partial charge is 0.466 e. The van der Waals surface area contributed by atoms with Crippen LogP contribution in [-0.2, 0) is 73.3 Å². The standard InChI is InChI=1S/C75H97Cl2N12O20PS/c1-44(2)63(84-56(90)15-20-101-22-24-103-26-28-105-30-31-106-29-27-104-25-23-102-21-19-87-57(91)13-14-58(87)92)67(94)83-51(8-7-16-79-70(78)97)66(93)82-50-11-9-47(10-12-50)40-107-72(111)86(6)18-17-85(5)71(98)108-54-32-52-61(59-45(3)36-80-64(54)59)48(34-76)38-88(52)68(95)73-41-74(43-75(73,74)42-73)69(96)89-39-49(35-77)62-53(89)33-55(109-110(99)100)65-60(62)46(4)37-81-65/h9-14,32-33,36-37,44,48-49,51,63,80-81,99-100H,7-8,15-31,34-35,38-43H2,1-6H3,(H,82,93)(H,83,94)(H,84,90)(H3,78,79,97). The van der Waals surface area contributed by atoms with Gasteiger partial charge in [-0.25, -0.2) is 9.59 Å². The van der Waals surface area contributed by atoms with E-state index < -0.39 is 66.8 Å². The summed E-state index contributed by atoms with van der Waals surface area (Å²) >= 11 is 19.0. The van der Waals surface area contributed by atoms with Crippen molar-refractivity contribution in [2.45, 2.75) is 96.7 Å². The van der Waals surface area contributed by atoms with E-state index in [-0.39, 0.29) is 148 Å². The number of carbonyl (C=O) groups excluding carboxylic acids is 9. The van der Waals surface area contributed by atoms with Crippen LogP contribution in [-0.4, -0.2) is 250 Å². The van der Waals surface area contributed by atoms with Crippen LogP contribution in [0.25, 0.3) is 21.8 Å². The third-order valence-corrected chi connectivity index (χ3v) is 23.0. The third-order valence-electron chi connectivity index (χ3n) is 21.5. The number of thiocarbonyl (C=S) groups is 1. The van der Waals surface area contributed by atoms with Crippen molar-refractivity contribution in [3.05, 3.63) is 88.8 Å². The Morgan fingerprint density at radius 2 is 1.20 bits per heavy atom. The zero-order valence-corrected chi connectivity index (χ0v) is 66.1. The molecule has 0 bridgehead atoms. The minimum atomic E-state index is -2.76. The quantitative estimate of drug-likeness (QED) is 0.00674. The van der Waals surface area contributed by atoms with Gasteiger partial charge in [-0.05, 0) is 104 Å². The second kappa shape index (κ2) is 37.1. The molecular weight excluding hydrogens is 1520 g/mol. The predicted octanol–water partition coefficient (Wildman–Crippen LogP) is 6.36. The molecule has 7 atom stereocenters. The van der Waals surface area contributed by atoms with Crippen LogP contribution in [0.1, 0.15) is 92.0 Å². The Labute approximate surface area is 658 Å². The molecule has 2 aromatic heterocycles. The number of urea groups is 1. The van der Waals surface area contributed by atoms with Crippen LogP contribution in [0.4, 0.5) is 26.7 Å². The number of nitrogens with one attached hydrogen (secondary N) is 6. The summed E-state index contributed by atoms with van der Waals surface area (Å²) in [4.78, 5) is 154. The van der Waals surface area contributed by atoms with E-state index in [9.17, 15) is 48.1 Å². The molecule has 0 radical (unpaired) electrons. The summed E-state index contributed by atoms with van der Waals surface area (Å²) in [5, 5.41) is 12.7. The first-order chi connectivity index (χ1) is 53.3. The van der Waals surface area contributed by atoms with Crippen LogP contribution in [0.15, 0.2) is 60.9 Å². The van der Waals surface area contributed by atoms with Crippen molar-refractivity contribution in [3.8, 4) is 11.5 Å². The Bertz CT molecular complexity index is 4300. The summed E-state index contributed by atoms with van der Waals surface area (Å²) < 4.78 is 50.6. The number of nitrogens with zero attached hydrogens (tertiary/aromatic N) is 5.